The Morgan fingerprint density at radius 1 is 1.03 bits per heavy atom. The number of ether oxygens (including phenoxy) is 3. The summed E-state index contributed by atoms with van der Waals surface area (Å²) in [5, 5.41) is 40.4. The number of aliphatic hydroxyl groups excluding tert-OH is 4. The van der Waals surface area contributed by atoms with Crippen molar-refractivity contribution >= 4 is 11.6 Å². The molecule has 7 nitrogen and oxygen atoms in total. The van der Waals surface area contributed by atoms with Crippen LogP contribution >= 0.6 is 11.6 Å². The number of aliphatic hydroxyl groups is 4. The van der Waals surface area contributed by atoms with Crippen molar-refractivity contribution in [2.75, 3.05) is 26.4 Å². The standard InChI is InChI=1S/C24H28ClFO7/c25-18-6-3-15(23-22(30)21(29)20(28)19(11-27)33-23)10-16(18)9-14-1-4-17(5-2-14)32-8-7-24(26)12-31-13-24/h1-6,10,19-23,27-30H,7-9,11-13H2/t19-,20-,21+,22-,23+/m1/s1. The Labute approximate surface area is 196 Å². The second kappa shape index (κ2) is 10.2. The van der Waals surface area contributed by atoms with Crippen molar-refractivity contribution in [2.45, 2.75) is 49.0 Å². The summed E-state index contributed by atoms with van der Waals surface area (Å²) in [7, 11) is 0. The molecule has 5 atom stereocenters. The van der Waals surface area contributed by atoms with Crippen molar-refractivity contribution in [1.29, 1.82) is 0 Å². The Morgan fingerprint density at radius 3 is 2.39 bits per heavy atom. The molecule has 2 heterocycles. The maximum Gasteiger partial charge on any atom is 0.160 e. The molecular formula is C24H28ClFO7. The van der Waals surface area contributed by atoms with Gasteiger partial charge in [-0.1, -0.05) is 35.9 Å². The first-order valence-corrected chi connectivity index (χ1v) is 11.2. The van der Waals surface area contributed by atoms with E-state index in [-0.39, 0.29) is 26.2 Å². The molecule has 0 bridgehead atoms. The van der Waals surface area contributed by atoms with E-state index in [1.54, 1.807) is 18.2 Å². The predicted octanol–water partition coefficient (Wildman–Crippen LogP) is 1.95. The molecule has 0 amide bonds. The maximum atomic E-state index is 13.9. The van der Waals surface area contributed by atoms with Crippen LogP contribution in [0.3, 0.4) is 0 Å². The van der Waals surface area contributed by atoms with Gasteiger partial charge in [0.2, 0.25) is 0 Å². The second-order valence-corrected chi connectivity index (χ2v) is 9.07. The first-order chi connectivity index (χ1) is 15.8. The number of alkyl halides is 1. The third-order valence-corrected chi connectivity index (χ3v) is 6.52. The fraction of sp³-hybridized carbons (Fsp3) is 0.500. The molecule has 2 aliphatic heterocycles. The Balaban J connectivity index is 1.41. The van der Waals surface area contributed by atoms with Crippen LogP contribution in [-0.4, -0.2) is 76.9 Å². The van der Waals surface area contributed by atoms with Gasteiger partial charge in [0.05, 0.1) is 26.4 Å². The minimum atomic E-state index is -1.45. The number of halogens is 2. The van der Waals surface area contributed by atoms with Crippen molar-refractivity contribution in [3.63, 3.8) is 0 Å². The normalized spacial score (nSPS) is 28.8. The summed E-state index contributed by atoms with van der Waals surface area (Å²) < 4.78 is 30.1. The van der Waals surface area contributed by atoms with Crippen LogP contribution in [0.25, 0.3) is 0 Å². The molecule has 2 aromatic carbocycles. The van der Waals surface area contributed by atoms with Gasteiger partial charge < -0.3 is 34.6 Å². The highest BCUT2D eigenvalue weighted by Crippen LogP contribution is 2.34. The zero-order valence-electron chi connectivity index (χ0n) is 17.9. The van der Waals surface area contributed by atoms with Gasteiger partial charge in [-0.2, -0.15) is 0 Å². The highest BCUT2D eigenvalue weighted by molar-refractivity contribution is 6.31. The molecule has 2 aliphatic rings. The molecule has 9 heteroatoms. The van der Waals surface area contributed by atoms with Crippen molar-refractivity contribution in [3.05, 3.63) is 64.2 Å². The molecule has 0 aromatic heterocycles. The molecule has 2 aromatic rings. The van der Waals surface area contributed by atoms with Crippen LogP contribution in [0.15, 0.2) is 42.5 Å². The van der Waals surface area contributed by atoms with Crippen LogP contribution in [0.1, 0.15) is 29.2 Å². The minimum Gasteiger partial charge on any atom is -0.493 e. The third-order valence-electron chi connectivity index (χ3n) is 6.15. The summed E-state index contributed by atoms with van der Waals surface area (Å²) in [4.78, 5) is 0. The van der Waals surface area contributed by atoms with E-state index in [0.29, 0.717) is 22.8 Å². The number of rotatable bonds is 8. The van der Waals surface area contributed by atoms with E-state index < -0.39 is 42.8 Å². The minimum absolute atomic E-state index is 0.123. The number of benzene rings is 2. The van der Waals surface area contributed by atoms with Crippen molar-refractivity contribution in [2.24, 2.45) is 0 Å². The topological polar surface area (TPSA) is 109 Å². The fourth-order valence-corrected chi connectivity index (χ4v) is 4.21. The van der Waals surface area contributed by atoms with E-state index in [9.17, 15) is 24.8 Å². The lowest BCUT2D eigenvalue weighted by atomic mass is 9.90. The first kappa shape index (κ1) is 24.3. The lowest BCUT2D eigenvalue weighted by Gasteiger charge is -2.40. The Morgan fingerprint density at radius 2 is 1.76 bits per heavy atom. The predicted molar refractivity (Wildman–Crippen MR) is 118 cm³/mol. The van der Waals surface area contributed by atoms with Crippen LogP contribution < -0.4 is 4.74 Å². The average molecular weight is 483 g/mol. The van der Waals surface area contributed by atoms with E-state index >= 15 is 0 Å². The van der Waals surface area contributed by atoms with Crippen LogP contribution in [0.4, 0.5) is 4.39 Å². The van der Waals surface area contributed by atoms with E-state index in [2.05, 4.69) is 0 Å². The van der Waals surface area contributed by atoms with Crippen LogP contribution in [0.5, 0.6) is 5.75 Å². The average Bonchev–Trinajstić information content (AvgIpc) is 2.79. The SMILES string of the molecule is OC[C@H]1O[C@@H](c2ccc(Cl)c(Cc3ccc(OCCC4(F)COC4)cc3)c2)[C@H](O)[C@@H](O)[C@@H]1O. The van der Waals surface area contributed by atoms with Gasteiger partial charge in [-0.15, -0.1) is 0 Å². The molecule has 4 rings (SSSR count). The monoisotopic (exact) mass is 482 g/mol. The summed E-state index contributed by atoms with van der Waals surface area (Å²) >= 11 is 6.39. The number of hydrogen-bond donors (Lipinski definition) is 4. The zero-order chi connectivity index (χ0) is 23.6. The van der Waals surface area contributed by atoms with Gasteiger partial charge in [0.15, 0.2) is 5.67 Å². The summed E-state index contributed by atoms with van der Waals surface area (Å²) in [5.41, 5.74) is 1.04. The number of hydrogen-bond acceptors (Lipinski definition) is 7. The molecule has 4 N–H and O–H groups in total. The molecule has 180 valence electrons. The summed E-state index contributed by atoms with van der Waals surface area (Å²) in [6.45, 7) is 0.0269. The quantitative estimate of drug-likeness (QED) is 0.455. The van der Waals surface area contributed by atoms with Gasteiger partial charge in [-0.05, 0) is 41.3 Å². The van der Waals surface area contributed by atoms with E-state index in [1.807, 2.05) is 24.3 Å². The Bertz CT molecular complexity index is 935. The first-order valence-electron chi connectivity index (χ1n) is 10.9. The molecule has 2 fully saturated rings. The van der Waals surface area contributed by atoms with Crippen molar-refractivity contribution in [1.82, 2.24) is 0 Å². The largest absolute Gasteiger partial charge is 0.493 e. The molecule has 33 heavy (non-hydrogen) atoms. The van der Waals surface area contributed by atoms with Gasteiger partial charge in [-0.3, -0.25) is 0 Å². The molecule has 0 aliphatic carbocycles. The maximum absolute atomic E-state index is 13.9. The van der Waals surface area contributed by atoms with E-state index in [4.69, 9.17) is 25.8 Å². The summed E-state index contributed by atoms with van der Waals surface area (Å²) in [5.74, 6) is 0.642. The van der Waals surface area contributed by atoms with Crippen LogP contribution in [0.2, 0.25) is 5.02 Å². The van der Waals surface area contributed by atoms with Gasteiger partial charge in [0.1, 0.15) is 36.3 Å². The summed E-state index contributed by atoms with van der Waals surface area (Å²) in [6, 6.07) is 12.6. The fourth-order valence-electron chi connectivity index (χ4n) is 4.03. The smallest absolute Gasteiger partial charge is 0.160 e. The van der Waals surface area contributed by atoms with Crippen molar-refractivity contribution < 1.29 is 39.0 Å². The van der Waals surface area contributed by atoms with E-state index in [1.165, 1.54) is 0 Å². The molecular weight excluding hydrogens is 455 g/mol. The third kappa shape index (κ3) is 5.49. The van der Waals surface area contributed by atoms with Gasteiger partial charge >= 0.3 is 0 Å². The van der Waals surface area contributed by atoms with Gasteiger partial charge in [0.25, 0.3) is 0 Å². The highest BCUT2D eigenvalue weighted by Gasteiger charge is 2.44. The molecule has 2 saturated heterocycles. The molecule has 0 spiro atoms. The molecule has 0 saturated carbocycles. The molecule has 0 radical (unpaired) electrons. The highest BCUT2D eigenvalue weighted by atomic mass is 35.5. The van der Waals surface area contributed by atoms with Gasteiger partial charge in [0, 0.05) is 11.4 Å². The van der Waals surface area contributed by atoms with Crippen LogP contribution in [-0.2, 0) is 15.9 Å². The van der Waals surface area contributed by atoms with Crippen LogP contribution in [0, 0.1) is 0 Å². The Kier molecular flexibility index (Phi) is 7.55. The van der Waals surface area contributed by atoms with E-state index in [0.717, 1.165) is 11.1 Å². The zero-order valence-corrected chi connectivity index (χ0v) is 18.7. The van der Waals surface area contributed by atoms with Gasteiger partial charge in [-0.25, -0.2) is 4.39 Å². The lowest BCUT2D eigenvalue weighted by molar-refractivity contribution is -0.231. The summed E-state index contributed by atoms with van der Waals surface area (Å²) in [6.07, 6.45) is -5.34. The lowest BCUT2D eigenvalue weighted by Crippen LogP contribution is -2.55. The second-order valence-electron chi connectivity index (χ2n) is 8.66. The Hall–Kier alpha value is -1.78. The van der Waals surface area contributed by atoms with Crippen molar-refractivity contribution in [3.8, 4) is 5.75 Å². The molecule has 0 unspecified atom stereocenters.